The van der Waals surface area contributed by atoms with Gasteiger partial charge in [0.15, 0.2) is 0 Å². The van der Waals surface area contributed by atoms with E-state index in [4.69, 9.17) is 4.52 Å². The lowest BCUT2D eigenvalue weighted by atomic mass is 10.2. The molecule has 0 saturated carbocycles. The second kappa shape index (κ2) is 8.79. The molecule has 1 fully saturated rings. The normalized spacial score (nSPS) is 16.1. The van der Waals surface area contributed by atoms with Gasteiger partial charge in [-0.05, 0) is 32.4 Å². The summed E-state index contributed by atoms with van der Waals surface area (Å²) in [6.07, 6.45) is 1.05. The van der Waals surface area contributed by atoms with E-state index in [-0.39, 0.29) is 5.91 Å². The van der Waals surface area contributed by atoms with E-state index in [0.29, 0.717) is 13.1 Å². The van der Waals surface area contributed by atoms with Crippen LogP contribution in [0.5, 0.6) is 0 Å². The van der Waals surface area contributed by atoms with Gasteiger partial charge in [0.1, 0.15) is 5.76 Å². The number of nitrogens with zero attached hydrogens (tertiary/aromatic N) is 3. The summed E-state index contributed by atoms with van der Waals surface area (Å²) >= 11 is 1.78. The first-order valence-corrected chi connectivity index (χ1v) is 10.1. The van der Waals surface area contributed by atoms with E-state index < -0.39 is 0 Å². The Bertz CT molecular complexity index is 712. The molecule has 0 aromatic carbocycles. The maximum absolute atomic E-state index is 12.2. The topological polar surface area (TPSA) is 61.6 Å². The summed E-state index contributed by atoms with van der Waals surface area (Å²) < 4.78 is 5.24. The van der Waals surface area contributed by atoms with Crippen molar-refractivity contribution < 1.29 is 9.32 Å². The lowest BCUT2D eigenvalue weighted by Crippen LogP contribution is -2.49. The van der Waals surface area contributed by atoms with Crippen molar-refractivity contribution in [3.05, 3.63) is 38.9 Å². The molecular weight excluding hydrogens is 348 g/mol. The van der Waals surface area contributed by atoms with Crippen molar-refractivity contribution in [2.24, 2.45) is 0 Å². The quantitative estimate of drug-likeness (QED) is 0.804. The molecule has 1 N–H and O–H groups in total. The standard InChI is InChI=1S/C19H28N4O2S/c1-4-16-5-6-17(26-16)11-20-19(24)13-23-9-7-22(8-10-23)12-18-14(2)21-25-15(18)3/h5-6H,4,7-13H2,1-3H3,(H,20,24). The fraction of sp³-hybridized carbons (Fsp3) is 0.579. The Morgan fingerprint density at radius 1 is 1.19 bits per heavy atom. The first kappa shape index (κ1) is 19.1. The molecule has 142 valence electrons. The minimum atomic E-state index is 0.107. The summed E-state index contributed by atoms with van der Waals surface area (Å²) in [5, 5.41) is 7.07. The largest absolute Gasteiger partial charge is 0.361 e. The van der Waals surface area contributed by atoms with Crippen LogP contribution in [0.4, 0.5) is 0 Å². The lowest BCUT2D eigenvalue weighted by molar-refractivity contribution is -0.122. The van der Waals surface area contributed by atoms with Crippen LogP contribution in [0.1, 0.15) is 33.7 Å². The molecule has 1 aliphatic heterocycles. The molecule has 1 saturated heterocycles. The van der Waals surface area contributed by atoms with Crippen molar-refractivity contribution in [2.45, 2.75) is 40.3 Å². The summed E-state index contributed by atoms with van der Waals surface area (Å²) in [7, 11) is 0. The van der Waals surface area contributed by atoms with Gasteiger partial charge in [0.05, 0.1) is 18.8 Å². The van der Waals surface area contributed by atoms with E-state index in [1.165, 1.54) is 15.3 Å². The van der Waals surface area contributed by atoms with Crippen molar-refractivity contribution in [1.82, 2.24) is 20.3 Å². The molecule has 2 aromatic heterocycles. The molecule has 7 heteroatoms. The number of rotatable bonds is 7. The summed E-state index contributed by atoms with van der Waals surface area (Å²) in [4.78, 5) is 19.4. The number of carbonyl (C=O) groups excluding carboxylic acids is 1. The Balaban J connectivity index is 1.38. The molecule has 26 heavy (non-hydrogen) atoms. The molecule has 0 atom stereocenters. The highest BCUT2D eigenvalue weighted by atomic mass is 32.1. The summed E-state index contributed by atoms with van der Waals surface area (Å²) in [5.41, 5.74) is 2.17. The number of hydrogen-bond donors (Lipinski definition) is 1. The van der Waals surface area contributed by atoms with Gasteiger partial charge in [-0.1, -0.05) is 12.1 Å². The van der Waals surface area contributed by atoms with Gasteiger partial charge in [-0.3, -0.25) is 14.6 Å². The van der Waals surface area contributed by atoms with E-state index in [9.17, 15) is 4.79 Å². The van der Waals surface area contributed by atoms with Crippen LogP contribution in [0.3, 0.4) is 0 Å². The number of hydrogen-bond acceptors (Lipinski definition) is 6. The molecule has 3 heterocycles. The predicted molar refractivity (Wildman–Crippen MR) is 103 cm³/mol. The van der Waals surface area contributed by atoms with Crippen LogP contribution in [-0.2, 0) is 24.3 Å². The van der Waals surface area contributed by atoms with Crippen molar-refractivity contribution in [1.29, 1.82) is 0 Å². The van der Waals surface area contributed by atoms with E-state index >= 15 is 0 Å². The smallest absolute Gasteiger partial charge is 0.234 e. The zero-order valence-corrected chi connectivity index (χ0v) is 16.7. The minimum Gasteiger partial charge on any atom is -0.361 e. The highest BCUT2D eigenvalue weighted by molar-refractivity contribution is 7.11. The third-order valence-electron chi connectivity index (χ3n) is 4.92. The molecule has 0 radical (unpaired) electrons. The third kappa shape index (κ3) is 4.93. The van der Waals surface area contributed by atoms with Gasteiger partial charge in [-0.2, -0.15) is 0 Å². The fourth-order valence-electron chi connectivity index (χ4n) is 3.21. The van der Waals surface area contributed by atoms with Crippen LogP contribution >= 0.6 is 11.3 Å². The Hall–Kier alpha value is -1.70. The van der Waals surface area contributed by atoms with E-state index in [1.807, 2.05) is 13.8 Å². The average molecular weight is 377 g/mol. The number of nitrogens with one attached hydrogen (secondary N) is 1. The van der Waals surface area contributed by atoms with Gasteiger partial charge in [-0.25, -0.2) is 0 Å². The second-order valence-corrected chi connectivity index (χ2v) is 8.11. The zero-order valence-electron chi connectivity index (χ0n) is 15.9. The van der Waals surface area contributed by atoms with Gasteiger partial charge < -0.3 is 9.84 Å². The molecule has 1 aliphatic rings. The van der Waals surface area contributed by atoms with Crippen LogP contribution in [0.2, 0.25) is 0 Å². The molecule has 3 rings (SSSR count). The summed E-state index contributed by atoms with van der Waals surface area (Å²) in [6, 6.07) is 4.25. The lowest BCUT2D eigenvalue weighted by Gasteiger charge is -2.34. The number of amides is 1. The van der Waals surface area contributed by atoms with E-state index in [2.05, 4.69) is 39.3 Å². The van der Waals surface area contributed by atoms with Crippen LogP contribution in [-0.4, -0.2) is 53.6 Å². The SMILES string of the molecule is CCc1ccc(CNC(=O)CN2CCN(Cc3c(C)noc3C)CC2)s1. The van der Waals surface area contributed by atoms with Crippen LogP contribution in [0, 0.1) is 13.8 Å². The first-order valence-electron chi connectivity index (χ1n) is 9.26. The number of thiophene rings is 1. The Morgan fingerprint density at radius 2 is 1.88 bits per heavy atom. The van der Waals surface area contributed by atoms with Crippen LogP contribution < -0.4 is 5.32 Å². The minimum absolute atomic E-state index is 0.107. The number of aromatic nitrogens is 1. The molecule has 0 spiro atoms. The Labute approximate surface area is 159 Å². The maximum atomic E-state index is 12.2. The summed E-state index contributed by atoms with van der Waals surface area (Å²) in [6.45, 7) is 11.8. The highest BCUT2D eigenvalue weighted by Gasteiger charge is 2.21. The molecule has 6 nitrogen and oxygen atoms in total. The number of piperazine rings is 1. The van der Waals surface area contributed by atoms with Crippen molar-refractivity contribution in [2.75, 3.05) is 32.7 Å². The van der Waals surface area contributed by atoms with Gasteiger partial charge in [0.25, 0.3) is 0 Å². The zero-order chi connectivity index (χ0) is 18.5. The van der Waals surface area contributed by atoms with Gasteiger partial charge in [0.2, 0.25) is 5.91 Å². The number of aryl methyl sites for hydroxylation is 3. The monoisotopic (exact) mass is 376 g/mol. The van der Waals surface area contributed by atoms with E-state index in [1.54, 1.807) is 11.3 Å². The van der Waals surface area contributed by atoms with Crippen molar-refractivity contribution >= 4 is 17.2 Å². The maximum Gasteiger partial charge on any atom is 0.234 e. The highest BCUT2D eigenvalue weighted by Crippen LogP contribution is 2.17. The van der Waals surface area contributed by atoms with Crippen LogP contribution in [0.15, 0.2) is 16.7 Å². The molecule has 0 aliphatic carbocycles. The molecular formula is C19H28N4O2S. The Kier molecular flexibility index (Phi) is 6.45. The molecule has 2 aromatic rings. The van der Waals surface area contributed by atoms with E-state index in [0.717, 1.165) is 50.6 Å². The fourth-order valence-corrected chi connectivity index (χ4v) is 4.11. The van der Waals surface area contributed by atoms with Crippen molar-refractivity contribution in [3.8, 4) is 0 Å². The molecule has 0 unspecified atom stereocenters. The first-order chi connectivity index (χ1) is 12.5. The van der Waals surface area contributed by atoms with Crippen LogP contribution in [0.25, 0.3) is 0 Å². The predicted octanol–water partition coefficient (Wildman–Crippen LogP) is 2.35. The third-order valence-corrected chi connectivity index (χ3v) is 6.15. The second-order valence-electron chi connectivity index (χ2n) is 6.85. The summed E-state index contributed by atoms with van der Waals surface area (Å²) in [5.74, 6) is 1.01. The molecule has 0 bridgehead atoms. The average Bonchev–Trinajstić information content (AvgIpc) is 3.23. The number of carbonyl (C=O) groups is 1. The van der Waals surface area contributed by atoms with Gasteiger partial charge in [0, 0.05) is 48.0 Å². The Morgan fingerprint density at radius 3 is 2.50 bits per heavy atom. The van der Waals surface area contributed by atoms with Gasteiger partial charge in [-0.15, -0.1) is 11.3 Å². The van der Waals surface area contributed by atoms with Crippen molar-refractivity contribution in [3.63, 3.8) is 0 Å². The van der Waals surface area contributed by atoms with Gasteiger partial charge >= 0.3 is 0 Å². The molecule has 1 amide bonds.